The standard InChI is InChI=1S/C15H11ClIN3O/c16-13-2-1-3-14-19-12(9-20(13)14)8-18-15(21)10-4-6-11(17)7-5-10/h1-7,9H,8H2,(H,18,21). The Labute approximate surface area is 140 Å². The van der Waals surface area contributed by atoms with E-state index in [-0.39, 0.29) is 5.91 Å². The predicted molar refractivity (Wildman–Crippen MR) is 90.5 cm³/mol. The fourth-order valence-corrected chi connectivity index (χ4v) is 2.55. The topological polar surface area (TPSA) is 46.4 Å². The third-order valence-corrected chi connectivity index (χ3v) is 4.06. The molecule has 3 rings (SSSR count). The van der Waals surface area contributed by atoms with Gasteiger partial charge in [-0.05, 0) is 59.0 Å². The summed E-state index contributed by atoms with van der Waals surface area (Å²) in [7, 11) is 0. The van der Waals surface area contributed by atoms with Crippen LogP contribution in [0.3, 0.4) is 0 Å². The van der Waals surface area contributed by atoms with Crippen molar-refractivity contribution in [2.24, 2.45) is 0 Å². The van der Waals surface area contributed by atoms with Crippen LogP contribution in [0.15, 0.2) is 48.7 Å². The highest BCUT2D eigenvalue weighted by Gasteiger charge is 2.07. The highest BCUT2D eigenvalue weighted by Crippen LogP contribution is 2.13. The second kappa shape index (κ2) is 6.03. The average Bonchev–Trinajstić information content (AvgIpc) is 2.90. The first kappa shape index (κ1) is 14.3. The van der Waals surface area contributed by atoms with Gasteiger partial charge >= 0.3 is 0 Å². The van der Waals surface area contributed by atoms with Crippen molar-refractivity contribution in [2.45, 2.75) is 6.54 Å². The number of fused-ring (bicyclic) bond motifs is 1. The molecule has 0 aliphatic carbocycles. The van der Waals surface area contributed by atoms with E-state index in [1.807, 2.05) is 30.5 Å². The molecule has 106 valence electrons. The van der Waals surface area contributed by atoms with Crippen molar-refractivity contribution < 1.29 is 4.79 Å². The fraction of sp³-hybridized carbons (Fsp3) is 0.0667. The summed E-state index contributed by atoms with van der Waals surface area (Å²) in [4.78, 5) is 16.5. The van der Waals surface area contributed by atoms with Gasteiger partial charge in [0.2, 0.25) is 0 Å². The van der Waals surface area contributed by atoms with Crippen LogP contribution < -0.4 is 5.32 Å². The monoisotopic (exact) mass is 411 g/mol. The van der Waals surface area contributed by atoms with Gasteiger partial charge in [0.05, 0.1) is 12.2 Å². The van der Waals surface area contributed by atoms with Crippen molar-refractivity contribution in [1.29, 1.82) is 0 Å². The van der Waals surface area contributed by atoms with E-state index in [2.05, 4.69) is 32.9 Å². The van der Waals surface area contributed by atoms with Gasteiger partial charge in [-0.3, -0.25) is 9.20 Å². The maximum Gasteiger partial charge on any atom is 0.251 e. The molecular weight excluding hydrogens is 401 g/mol. The SMILES string of the molecule is O=C(NCc1cn2c(Cl)cccc2n1)c1ccc(I)cc1. The first-order valence-electron chi connectivity index (χ1n) is 6.30. The lowest BCUT2D eigenvalue weighted by atomic mass is 10.2. The van der Waals surface area contributed by atoms with Crippen LogP contribution in [0.4, 0.5) is 0 Å². The Morgan fingerprint density at radius 3 is 2.71 bits per heavy atom. The first-order chi connectivity index (χ1) is 10.1. The summed E-state index contributed by atoms with van der Waals surface area (Å²) in [6.07, 6.45) is 1.83. The first-order valence-corrected chi connectivity index (χ1v) is 7.75. The smallest absolute Gasteiger partial charge is 0.251 e. The summed E-state index contributed by atoms with van der Waals surface area (Å²) in [6, 6.07) is 12.9. The zero-order valence-corrected chi connectivity index (χ0v) is 13.8. The lowest BCUT2D eigenvalue weighted by Crippen LogP contribution is -2.22. The van der Waals surface area contributed by atoms with Crippen molar-refractivity contribution >= 4 is 45.7 Å². The van der Waals surface area contributed by atoms with Crippen molar-refractivity contribution in [3.05, 3.63) is 68.6 Å². The zero-order chi connectivity index (χ0) is 14.8. The molecule has 0 unspecified atom stereocenters. The Morgan fingerprint density at radius 1 is 1.24 bits per heavy atom. The van der Waals surface area contributed by atoms with Gasteiger partial charge in [0.25, 0.3) is 5.91 Å². The van der Waals surface area contributed by atoms with E-state index in [0.29, 0.717) is 17.3 Å². The van der Waals surface area contributed by atoms with Gasteiger partial charge in [-0.2, -0.15) is 0 Å². The third-order valence-electron chi connectivity index (χ3n) is 3.03. The molecule has 0 spiro atoms. The number of hydrogen-bond donors (Lipinski definition) is 1. The zero-order valence-electron chi connectivity index (χ0n) is 10.9. The van der Waals surface area contributed by atoms with E-state index in [0.717, 1.165) is 14.9 Å². The minimum Gasteiger partial charge on any atom is -0.346 e. The number of halogens is 2. The van der Waals surface area contributed by atoms with Crippen molar-refractivity contribution in [2.75, 3.05) is 0 Å². The van der Waals surface area contributed by atoms with E-state index in [1.54, 1.807) is 22.6 Å². The lowest BCUT2D eigenvalue weighted by molar-refractivity contribution is 0.0950. The van der Waals surface area contributed by atoms with E-state index < -0.39 is 0 Å². The van der Waals surface area contributed by atoms with Crippen LogP contribution in [-0.2, 0) is 6.54 Å². The molecule has 21 heavy (non-hydrogen) atoms. The van der Waals surface area contributed by atoms with Crippen molar-refractivity contribution in [3.8, 4) is 0 Å². The summed E-state index contributed by atoms with van der Waals surface area (Å²) in [5.74, 6) is -0.116. The maximum absolute atomic E-state index is 12.0. The van der Waals surface area contributed by atoms with Crippen LogP contribution in [0, 0.1) is 3.57 Å². The Kier molecular flexibility index (Phi) is 4.12. The number of carbonyl (C=O) groups is 1. The molecule has 1 aromatic carbocycles. The van der Waals surface area contributed by atoms with Gasteiger partial charge in [-0.25, -0.2) is 4.98 Å². The molecule has 0 bridgehead atoms. The van der Waals surface area contributed by atoms with Gasteiger partial charge in [0.1, 0.15) is 10.8 Å². The lowest BCUT2D eigenvalue weighted by Gasteiger charge is -2.03. The molecule has 1 N–H and O–H groups in total. The highest BCUT2D eigenvalue weighted by molar-refractivity contribution is 14.1. The molecule has 0 radical (unpaired) electrons. The molecule has 0 saturated heterocycles. The molecule has 0 aliphatic rings. The van der Waals surface area contributed by atoms with Crippen molar-refractivity contribution in [1.82, 2.24) is 14.7 Å². The van der Waals surface area contributed by atoms with Crippen LogP contribution in [0.2, 0.25) is 5.15 Å². The summed E-state index contributed by atoms with van der Waals surface area (Å²) in [5, 5.41) is 3.45. The summed E-state index contributed by atoms with van der Waals surface area (Å²) < 4.78 is 2.88. The van der Waals surface area contributed by atoms with E-state index >= 15 is 0 Å². The highest BCUT2D eigenvalue weighted by atomic mass is 127. The Balaban J connectivity index is 1.72. The largest absolute Gasteiger partial charge is 0.346 e. The number of amides is 1. The van der Waals surface area contributed by atoms with Crippen LogP contribution >= 0.6 is 34.2 Å². The molecule has 4 nitrogen and oxygen atoms in total. The van der Waals surface area contributed by atoms with E-state index in [9.17, 15) is 4.79 Å². The van der Waals surface area contributed by atoms with Crippen LogP contribution in [0.5, 0.6) is 0 Å². The second-order valence-corrected chi connectivity index (χ2v) is 6.13. The molecule has 1 amide bonds. The molecule has 2 aromatic heterocycles. The molecular formula is C15H11ClIN3O. The number of nitrogens with zero attached hydrogens (tertiary/aromatic N) is 2. The van der Waals surface area contributed by atoms with Gasteiger partial charge in [0, 0.05) is 15.3 Å². The van der Waals surface area contributed by atoms with E-state index in [4.69, 9.17) is 11.6 Å². The predicted octanol–water partition coefficient (Wildman–Crippen LogP) is 3.52. The third kappa shape index (κ3) is 3.19. The van der Waals surface area contributed by atoms with Gasteiger partial charge < -0.3 is 5.32 Å². The number of rotatable bonds is 3. The Hall–Kier alpha value is -1.60. The Bertz CT molecular complexity index is 798. The Morgan fingerprint density at radius 2 is 2.00 bits per heavy atom. The summed E-state index contributed by atoms with van der Waals surface area (Å²) in [5.41, 5.74) is 2.17. The van der Waals surface area contributed by atoms with Gasteiger partial charge in [-0.1, -0.05) is 17.7 Å². The van der Waals surface area contributed by atoms with Crippen LogP contribution in [0.1, 0.15) is 16.1 Å². The quantitative estimate of drug-likeness (QED) is 0.529. The van der Waals surface area contributed by atoms with Gasteiger partial charge in [0.15, 0.2) is 0 Å². The van der Waals surface area contributed by atoms with Crippen molar-refractivity contribution in [3.63, 3.8) is 0 Å². The van der Waals surface area contributed by atoms with E-state index in [1.165, 1.54) is 0 Å². The number of pyridine rings is 1. The summed E-state index contributed by atoms with van der Waals surface area (Å²) in [6.45, 7) is 0.364. The number of hydrogen-bond acceptors (Lipinski definition) is 2. The molecule has 0 fully saturated rings. The number of imidazole rings is 1. The maximum atomic E-state index is 12.0. The number of carbonyl (C=O) groups excluding carboxylic acids is 1. The molecule has 6 heteroatoms. The molecule has 0 atom stereocenters. The summed E-state index contributed by atoms with van der Waals surface area (Å²) >= 11 is 8.28. The van der Waals surface area contributed by atoms with Crippen LogP contribution in [-0.4, -0.2) is 15.3 Å². The van der Waals surface area contributed by atoms with Crippen LogP contribution in [0.25, 0.3) is 5.65 Å². The second-order valence-electron chi connectivity index (χ2n) is 4.50. The minimum atomic E-state index is -0.116. The molecule has 3 aromatic rings. The molecule has 0 aliphatic heterocycles. The number of nitrogens with one attached hydrogen (secondary N) is 1. The normalized spacial score (nSPS) is 10.8. The number of aromatic nitrogens is 2. The molecule has 0 saturated carbocycles. The molecule has 2 heterocycles. The minimum absolute atomic E-state index is 0.116. The van der Waals surface area contributed by atoms with Gasteiger partial charge in [-0.15, -0.1) is 0 Å². The fourth-order valence-electron chi connectivity index (χ4n) is 1.99. The average molecular weight is 412 g/mol. The number of benzene rings is 1.